The molecule has 2 aliphatic rings. The van der Waals surface area contributed by atoms with E-state index >= 15 is 0 Å². The van der Waals surface area contributed by atoms with Gasteiger partial charge in [0.05, 0.1) is 5.41 Å². The molecule has 20 heavy (non-hydrogen) atoms. The van der Waals surface area contributed by atoms with Crippen LogP contribution < -0.4 is 5.32 Å². The summed E-state index contributed by atoms with van der Waals surface area (Å²) in [5.41, 5.74) is -0.625. The number of carbonyl (C=O) groups excluding carboxylic acids is 1. The molecule has 1 saturated heterocycles. The molecule has 0 aromatic rings. The third-order valence-corrected chi connectivity index (χ3v) is 4.53. The smallest absolute Gasteiger partial charge is 0.317 e. The molecule has 0 aromatic heterocycles. The van der Waals surface area contributed by atoms with Crippen LogP contribution in [0.2, 0.25) is 0 Å². The van der Waals surface area contributed by atoms with E-state index in [1.807, 2.05) is 6.92 Å². The Morgan fingerprint density at radius 1 is 1.30 bits per heavy atom. The van der Waals surface area contributed by atoms with Crippen LogP contribution >= 0.6 is 0 Å². The number of aliphatic carboxylic acids is 1. The Morgan fingerprint density at radius 2 is 1.90 bits per heavy atom. The van der Waals surface area contributed by atoms with E-state index in [0.717, 1.165) is 19.3 Å². The molecule has 2 rings (SSSR count). The number of carbonyl (C=O) groups is 2. The SMILES string of the molecule is CCCC1(C(=O)O)CCN(C(=O)NC2CC=CC2)CC1. The first-order chi connectivity index (χ1) is 9.57. The molecule has 0 aromatic carbocycles. The lowest BCUT2D eigenvalue weighted by atomic mass is 9.75. The number of rotatable bonds is 4. The van der Waals surface area contributed by atoms with Crippen LogP contribution in [0.15, 0.2) is 12.2 Å². The minimum Gasteiger partial charge on any atom is -0.481 e. The third-order valence-electron chi connectivity index (χ3n) is 4.53. The van der Waals surface area contributed by atoms with Crippen LogP contribution in [0.4, 0.5) is 4.79 Å². The molecule has 2 N–H and O–H groups in total. The monoisotopic (exact) mass is 280 g/mol. The highest BCUT2D eigenvalue weighted by atomic mass is 16.4. The van der Waals surface area contributed by atoms with Crippen molar-refractivity contribution in [3.63, 3.8) is 0 Å². The normalized spacial score (nSPS) is 21.9. The van der Waals surface area contributed by atoms with E-state index < -0.39 is 11.4 Å². The van der Waals surface area contributed by atoms with Gasteiger partial charge in [-0.15, -0.1) is 0 Å². The molecular weight excluding hydrogens is 256 g/mol. The number of likely N-dealkylation sites (tertiary alicyclic amines) is 1. The molecule has 1 aliphatic carbocycles. The Bertz CT molecular complexity index is 390. The summed E-state index contributed by atoms with van der Waals surface area (Å²) >= 11 is 0. The van der Waals surface area contributed by atoms with Gasteiger partial charge in [-0.25, -0.2) is 4.79 Å². The predicted molar refractivity (Wildman–Crippen MR) is 76.5 cm³/mol. The van der Waals surface area contributed by atoms with E-state index in [4.69, 9.17) is 0 Å². The van der Waals surface area contributed by atoms with Crippen molar-refractivity contribution >= 4 is 12.0 Å². The van der Waals surface area contributed by atoms with E-state index in [-0.39, 0.29) is 12.1 Å². The van der Waals surface area contributed by atoms with Crippen molar-refractivity contribution in [1.29, 1.82) is 0 Å². The quantitative estimate of drug-likeness (QED) is 0.777. The maximum absolute atomic E-state index is 12.1. The number of nitrogens with one attached hydrogen (secondary N) is 1. The molecule has 5 heteroatoms. The predicted octanol–water partition coefficient (Wildman–Crippen LogP) is 2.38. The van der Waals surface area contributed by atoms with Crippen LogP contribution in [0.5, 0.6) is 0 Å². The van der Waals surface area contributed by atoms with Crippen LogP contribution in [0.3, 0.4) is 0 Å². The highest BCUT2D eigenvalue weighted by Gasteiger charge is 2.41. The summed E-state index contributed by atoms with van der Waals surface area (Å²) in [6, 6.07) is 0.165. The molecule has 0 unspecified atom stereocenters. The Hall–Kier alpha value is -1.52. The zero-order chi connectivity index (χ0) is 14.6. The largest absolute Gasteiger partial charge is 0.481 e. The van der Waals surface area contributed by atoms with Crippen molar-refractivity contribution in [2.75, 3.05) is 13.1 Å². The summed E-state index contributed by atoms with van der Waals surface area (Å²) in [4.78, 5) is 25.4. The van der Waals surface area contributed by atoms with E-state index in [2.05, 4.69) is 17.5 Å². The average molecular weight is 280 g/mol. The molecule has 5 nitrogen and oxygen atoms in total. The molecule has 0 spiro atoms. The highest BCUT2D eigenvalue weighted by Crippen LogP contribution is 2.36. The second-order valence-electron chi connectivity index (χ2n) is 5.91. The molecule has 112 valence electrons. The van der Waals surface area contributed by atoms with Crippen molar-refractivity contribution in [3.8, 4) is 0 Å². The average Bonchev–Trinajstić information content (AvgIpc) is 2.92. The lowest BCUT2D eigenvalue weighted by Crippen LogP contribution is -2.51. The third kappa shape index (κ3) is 3.14. The first kappa shape index (κ1) is 14.9. The lowest BCUT2D eigenvalue weighted by molar-refractivity contribution is -0.152. The number of amides is 2. The molecule has 2 amide bonds. The van der Waals surface area contributed by atoms with Gasteiger partial charge < -0.3 is 15.3 Å². The minimum absolute atomic E-state index is 0.0470. The van der Waals surface area contributed by atoms with Crippen molar-refractivity contribution in [2.24, 2.45) is 5.41 Å². The number of carboxylic acids is 1. The fourth-order valence-electron chi connectivity index (χ4n) is 3.19. The van der Waals surface area contributed by atoms with Crippen molar-refractivity contribution in [1.82, 2.24) is 10.2 Å². The molecule has 1 fully saturated rings. The van der Waals surface area contributed by atoms with Crippen molar-refractivity contribution in [3.05, 3.63) is 12.2 Å². The maximum atomic E-state index is 12.1. The van der Waals surface area contributed by atoms with Gasteiger partial charge in [-0.1, -0.05) is 25.5 Å². The van der Waals surface area contributed by atoms with Crippen molar-refractivity contribution in [2.45, 2.75) is 51.5 Å². The zero-order valence-electron chi connectivity index (χ0n) is 12.1. The van der Waals surface area contributed by atoms with Gasteiger partial charge in [0, 0.05) is 19.1 Å². The van der Waals surface area contributed by atoms with Gasteiger partial charge in [0.15, 0.2) is 0 Å². The summed E-state index contributed by atoms with van der Waals surface area (Å²) in [5, 5.41) is 12.5. The molecule has 0 bridgehead atoms. The molecule has 1 heterocycles. The summed E-state index contributed by atoms with van der Waals surface area (Å²) in [6.07, 6.45) is 8.65. The number of hydrogen-bond acceptors (Lipinski definition) is 2. The van der Waals surface area contributed by atoms with Gasteiger partial charge in [0.1, 0.15) is 0 Å². The minimum atomic E-state index is -0.709. The van der Waals surface area contributed by atoms with Gasteiger partial charge in [0.2, 0.25) is 0 Å². The Morgan fingerprint density at radius 3 is 2.40 bits per heavy atom. The second-order valence-corrected chi connectivity index (χ2v) is 5.91. The summed E-state index contributed by atoms with van der Waals surface area (Å²) < 4.78 is 0. The van der Waals surface area contributed by atoms with Gasteiger partial charge >= 0.3 is 12.0 Å². The van der Waals surface area contributed by atoms with Crippen LogP contribution in [-0.4, -0.2) is 41.1 Å². The first-order valence-corrected chi connectivity index (χ1v) is 7.51. The number of carboxylic acid groups (broad SMARTS) is 1. The molecule has 0 saturated carbocycles. The number of urea groups is 1. The van der Waals surface area contributed by atoms with E-state index in [9.17, 15) is 14.7 Å². The standard InChI is InChI=1S/C15H24N2O3/c1-2-7-15(13(18)19)8-10-17(11-9-15)14(20)16-12-5-3-4-6-12/h3-4,12H,2,5-11H2,1H3,(H,16,20)(H,18,19). The fourth-order valence-corrected chi connectivity index (χ4v) is 3.19. The Labute approximate surface area is 120 Å². The molecular formula is C15H24N2O3. The Kier molecular flexibility index (Phi) is 4.68. The van der Waals surface area contributed by atoms with Gasteiger partial charge in [0.25, 0.3) is 0 Å². The fraction of sp³-hybridized carbons (Fsp3) is 0.733. The molecule has 0 atom stereocenters. The van der Waals surface area contributed by atoms with Crippen molar-refractivity contribution < 1.29 is 14.7 Å². The van der Waals surface area contributed by atoms with Crippen LogP contribution in [0.1, 0.15) is 45.4 Å². The summed E-state index contributed by atoms with van der Waals surface area (Å²) in [6.45, 7) is 3.09. The zero-order valence-corrected chi connectivity index (χ0v) is 12.1. The maximum Gasteiger partial charge on any atom is 0.317 e. The van der Waals surface area contributed by atoms with Gasteiger partial charge in [-0.3, -0.25) is 4.79 Å². The molecule has 0 radical (unpaired) electrons. The van der Waals surface area contributed by atoms with Gasteiger partial charge in [-0.2, -0.15) is 0 Å². The Balaban J connectivity index is 1.86. The van der Waals surface area contributed by atoms with E-state index in [0.29, 0.717) is 32.4 Å². The highest BCUT2D eigenvalue weighted by molar-refractivity contribution is 5.77. The number of nitrogens with zero attached hydrogens (tertiary/aromatic N) is 1. The van der Waals surface area contributed by atoms with Gasteiger partial charge in [-0.05, 0) is 32.1 Å². The lowest BCUT2D eigenvalue weighted by Gasteiger charge is -2.39. The number of piperidine rings is 1. The number of hydrogen-bond donors (Lipinski definition) is 2. The van der Waals surface area contributed by atoms with E-state index in [1.54, 1.807) is 4.90 Å². The first-order valence-electron chi connectivity index (χ1n) is 7.51. The summed E-state index contributed by atoms with van der Waals surface area (Å²) in [7, 11) is 0. The van der Waals surface area contributed by atoms with Crippen LogP contribution in [0, 0.1) is 5.41 Å². The molecule has 1 aliphatic heterocycles. The summed E-state index contributed by atoms with van der Waals surface area (Å²) in [5.74, 6) is -0.709. The second kappa shape index (κ2) is 6.29. The van der Waals surface area contributed by atoms with E-state index in [1.165, 1.54) is 0 Å². The topological polar surface area (TPSA) is 69.6 Å². The van der Waals surface area contributed by atoms with Crippen LogP contribution in [0.25, 0.3) is 0 Å². The van der Waals surface area contributed by atoms with Crippen LogP contribution in [-0.2, 0) is 4.79 Å².